The minimum absolute atomic E-state index is 0.0101. The lowest BCUT2D eigenvalue weighted by molar-refractivity contribution is -0.117. The molecule has 0 radical (unpaired) electrons. The smallest absolute Gasteiger partial charge is 0.335 e. The maximum atomic E-state index is 14.3. The molecule has 1 aliphatic rings. The lowest BCUT2D eigenvalue weighted by atomic mass is 10.1. The molecule has 290 valence electrons. The van der Waals surface area contributed by atoms with E-state index in [-0.39, 0.29) is 49.3 Å². The quantitative estimate of drug-likeness (QED) is 0.0391. The molecule has 0 spiro atoms. The number of nitrogens with one attached hydrogen (secondary N) is 2. The van der Waals surface area contributed by atoms with Gasteiger partial charge in [0.25, 0.3) is 5.91 Å². The number of carboxylic acids is 2. The largest absolute Gasteiger partial charge is 0.495 e. The number of aliphatic hydroxyl groups is 1. The molecule has 3 aromatic rings. The standard InChI is InChI=1S/C38H43Cl3N4O7S2/c1-2-3-4-5-6-7-8-9-10-11-12-16-31(46)42-26-14-13-15-28(22-26)54(38(52)53)33-34(43-27-18-23(36(48)49)17-24(19-27)37(50)51)44-45(35(33)47)32-29(40)20-25(39)21-30(32)41/h13-15,17-22,33,54H,2-12,16H2,1H3,(H,42,46)(H,43,44)(H,48,49)(H,50,51)(H,52,53). The van der Waals surface area contributed by atoms with Gasteiger partial charge in [0.05, 0.1) is 21.2 Å². The van der Waals surface area contributed by atoms with Crippen LogP contribution >= 0.6 is 57.9 Å². The highest BCUT2D eigenvalue weighted by Gasteiger charge is 2.44. The molecule has 0 bridgehead atoms. The molecule has 1 heterocycles. The number of anilines is 3. The Morgan fingerprint density at radius 1 is 0.796 bits per heavy atom. The van der Waals surface area contributed by atoms with Gasteiger partial charge in [-0.3, -0.25) is 9.59 Å². The van der Waals surface area contributed by atoms with E-state index in [1.807, 2.05) is 0 Å². The van der Waals surface area contributed by atoms with Crippen LogP contribution in [0.1, 0.15) is 105 Å². The van der Waals surface area contributed by atoms with Crippen LogP contribution < -0.4 is 15.6 Å². The molecule has 4 rings (SSSR count). The van der Waals surface area contributed by atoms with E-state index in [0.717, 1.165) is 36.8 Å². The van der Waals surface area contributed by atoms with E-state index < -0.39 is 38.4 Å². The number of hydrogen-bond donors (Lipinski definition) is 6. The molecule has 3 aromatic carbocycles. The van der Waals surface area contributed by atoms with E-state index in [1.54, 1.807) is 24.3 Å². The van der Waals surface area contributed by atoms with Gasteiger partial charge in [0, 0.05) is 22.8 Å². The number of nitrogens with zero attached hydrogens (tertiary/aromatic N) is 2. The van der Waals surface area contributed by atoms with Gasteiger partial charge in [0.1, 0.15) is 16.8 Å². The predicted molar refractivity (Wildman–Crippen MR) is 223 cm³/mol. The van der Waals surface area contributed by atoms with E-state index >= 15 is 0 Å². The molecule has 0 saturated heterocycles. The first kappa shape index (κ1) is 42.9. The van der Waals surface area contributed by atoms with Crippen molar-refractivity contribution in [3.05, 3.63) is 80.8 Å². The van der Waals surface area contributed by atoms with Gasteiger partial charge >= 0.3 is 11.9 Å². The van der Waals surface area contributed by atoms with Crippen LogP contribution in [0.25, 0.3) is 0 Å². The van der Waals surface area contributed by atoms with Gasteiger partial charge in [-0.15, -0.1) is 16.0 Å². The van der Waals surface area contributed by atoms with Gasteiger partial charge in [-0.2, -0.15) is 5.01 Å². The maximum absolute atomic E-state index is 14.3. The van der Waals surface area contributed by atoms with E-state index in [9.17, 15) is 34.5 Å². The van der Waals surface area contributed by atoms with Crippen molar-refractivity contribution in [3.8, 4) is 0 Å². The fourth-order valence-corrected chi connectivity index (χ4v) is 9.60. The number of amides is 2. The zero-order valence-electron chi connectivity index (χ0n) is 29.6. The van der Waals surface area contributed by atoms with Crippen molar-refractivity contribution in [2.75, 3.05) is 15.6 Å². The van der Waals surface area contributed by atoms with Crippen LogP contribution in [0.3, 0.4) is 0 Å². The Kier molecular flexibility index (Phi) is 16.4. The number of amidine groups is 1. The van der Waals surface area contributed by atoms with Crippen LogP contribution in [0.15, 0.2) is 64.6 Å². The third-order valence-electron chi connectivity index (χ3n) is 8.68. The van der Waals surface area contributed by atoms with Crippen molar-refractivity contribution >= 4 is 109 Å². The highest BCUT2D eigenvalue weighted by atomic mass is 35.5. The van der Waals surface area contributed by atoms with Crippen LogP contribution in [0, 0.1) is 0 Å². The number of carbonyl (C=O) groups excluding carboxylic acids is 2. The average Bonchev–Trinajstić information content (AvgIpc) is 3.40. The van der Waals surface area contributed by atoms with Crippen LogP contribution in [0.4, 0.5) is 17.1 Å². The zero-order valence-corrected chi connectivity index (χ0v) is 33.6. The summed E-state index contributed by atoms with van der Waals surface area (Å²) in [5.41, 5.74) is -0.266. The number of hydrogen-bond acceptors (Lipinski definition) is 7. The van der Waals surface area contributed by atoms with Crippen LogP contribution in [-0.2, 0) is 9.59 Å². The molecule has 0 saturated carbocycles. The number of aromatic carboxylic acids is 2. The number of aliphatic hydroxyl groups excluding tert-OH is 1. The Balaban J connectivity index is 1.55. The number of halogens is 3. The monoisotopic (exact) mass is 836 g/mol. The molecule has 0 aromatic heterocycles. The number of rotatable bonds is 19. The normalized spacial score (nSPS) is 14.8. The van der Waals surface area contributed by atoms with Crippen LogP contribution in [-0.4, -0.2) is 54.5 Å². The first-order valence-electron chi connectivity index (χ1n) is 17.7. The van der Waals surface area contributed by atoms with Crippen molar-refractivity contribution in [2.24, 2.45) is 5.10 Å². The SMILES string of the molecule is CCCCCCCCCCCCCC(=O)Nc1cccc([SH](C(O)=S)C2C(=O)N(c3c(Cl)cc(Cl)cc3Cl)N=C2Nc2cc(C(=O)O)cc(C(=O)O)c2)c1. The van der Waals surface area contributed by atoms with Gasteiger partial charge in [-0.1, -0.05) is 112 Å². The molecule has 5 N–H and O–H groups in total. The molecule has 54 heavy (non-hydrogen) atoms. The van der Waals surface area contributed by atoms with Gasteiger partial charge < -0.3 is 26.0 Å². The Hall–Kier alpha value is -3.88. The molecular formula is C38H43Cl3N4O7S2. The molecule has 11 nitrogen and oxygen atoms in total. The summed E-state index contributed by atoms with van der Waals surface area (Å²) in [4.78, 5) is 51.3. The highest BCUT2D eigenvalue weighted by Crippen LogP contribution is 2.48. The van der Waals surface area contributed by atoms with Gasteiger partial charge in [-0.05, 0) is 72.1 Å². The topological polar surface area (TPSA) is 169 Å². The Morgan fingerprint density at radius 2 is 1.35 bits per heavy atom. The van der Waals surface area contributed by atoms with Crippen molar-refractivity contribution in [2.45, 2.75) is 94.1 Å². The van der Waals surface area contributed by atoms with Gasteiger partial charge in [0.15, 0.2) is 0 Å². The molecule has 2 amide bonds. The third kappa shape index (κ3) is 11.8. The lowest BCUT2D eigenvalue weighted by Crippen LogP contribution is -2.36. The number of carboxylic acid groups (broad SMARTS) is 2. The second kappa shape index (κ2) is 20.7. The highest BCUT2D eigenvalue weighted by molar-refractivity contribution is 8.37. The fourth-order valence-electron chi connectivity index (χ4n) is 6.04. The van der Waals surface area contributed by atoms with E-state index in [4.69, 9.17) is 47.0 Å². The van der Waals surface area contributed by atoms with Gasteiger partial charge in [-0.25, -0.2) is 9.59 Å². The average molecular weight is 838 g/mol. The molecule has 2 atom stereocenters. The van der Waals surface area contributed by atoms with Crippen LogP contribution in [0.2, 0.25) is 15.1 Å². The summed E-state index contributed by atoms with van der Waals surface area (Å²) in [6, 6.07) is 12.7. The minimum atomic E-state index is -2.13. The molecule has 2 unspecified atom stereocenters. The number of hydrazone groups is 1. The number of thiocarbonyl (C=S) groups is 1. The van der Waals surface area contributed by atoms with Crippen LogP contribution in [0.5, 0.6) is 0 Å². The van der Waals surface area contributed by atoms with Crippen molar-refractivity contribution in [1.82, 2.24) is 0 Å². The summed E-state index contributed by atoms with van der Waals surface area (Å²) in [5, 5.41) is 40.3. The molecule has 0 aliphatic carbocycles. The third-order valence-corrected chi connectivity index (χ3v) is 12.3. The molecule has 16 heteroatoms. The molecule has 1 aliphatic heterocycles. The maximum Gasteiger partial charge on any atom is 0.335 e. The second-order valence-corrected chi connectivity index (χ2v) is 17.0. The first-order valence-corrected chi connectivity index (χ1v) is 20.6. The number of benzene rings is 3. The second-order valence-electron chi connectivity index (χ2n) is 12.8. The fraction of sp³-hybridized carbons (Fsp3) is 0.368. The first-order chi connectivity index (χ1) is 25.8. The van der Waals surface area contributed by atoms with E-state index in [0.29, 0.717) is 17.0 Å². The van der Waals surface area contributed by atoms with Crippen molar-refractivity contribution in [3.63, 3.8) is 0 Å². The van der Waals surface area contributed by atoms with Gasteiger partial charge in [0.2, 0.25) is 10.3 Å². The summed E-state index contributed by atoms with van der Waals surface area (Å²) >= 11 is 24.4. The van der Waals surface area contributed by atoms with Crippen molar-refractivity contribution in [1.29, 1.82) is 0 Å². The molecular weight excluding hydrogens is 795 g/mol. The number of carbonyl (C=O) groups is 4. The predicted octanol–water partition coefficient (Wildman–Crippen LogP) is 10.7. The number of unbranched alkanes of at least 4 members (excludes halogenated alkanes) is 10. The molecule has 0 fully saturated rings. The summed E-state index contributed by atoms with van der Waals surface area (Å²) in [6.07, 6.45) is 13.2. The summed E-state index contributed by atoms with van der Waals surface area (Å²) in [6.45, 7) is 2.22. The van der Waals surface area contributed by atoms with E-state index in [1.165, 1.54) is 69.2 Å². The van der Waals surface area contributed by atoms with Crippen molar-refractivity contribution < 1.29 is 34.5 Å². The summed E-state index contributed by atoms with van der Waals surface area (Å²) in [5.74, 6) is -3.75. The summed E-state index contributed by atoms with van der Waals surface area (Å²) in [7, 11) is -2.13. The Bertz CT molecular complexity index is 1860. The van der Waals surface area contributed by atoms with E-state index in [2.05, 4.69) is 22.7 Å². The minimum Gasteiger partial charge on any atom is -0.495 e. The summed E-state index contributed by atoms with van der Waals surface area (Å²) < 4.78 is -0.525. The lowest BCUT2D eigenvalue weighted by Gasteiger charge is -2.27. The zero-order chi connectivity index (χ0) is 39.4. The Labute approximate surface area is 337 Å². The Morgan fingerprint density at radius 3 is 1.89 bits per heavy atom. The number of thiol groups is 1.